The van der Waals surface area contributed by atoms with Crippen molar-refractivity contribution < 1.29 is 9.26 Å². The summed E-state index contributed by atoms with van der Waals surface area (Å²) in [4.78, 5) is 5.22. The highest BCUT2D eigenvalue weighted by molar-refractivity contribution is 9.13. The van der Waals surface area contributed by atoms with Crippen LogP contribution >= 0.6 is 43.2 Å². The number of hydrogen-bond donors (Lipinski definition) is 1. The van der Waals surface area contributed by atoms with Crippen LogP contribution in [0.4, 0.5) is 0 Å². The van der Waals surface area contributed by atoms with Gasteiger partial charge in [-0.2, -0.15) is 4.98 Å². The van der Waals surface area contributed by atoms with Crippen molar-refractivity contribution in [2.24, 2.45) is 5.73 Å². The molecule has 104 valence electrons. The lowest BCUT2D eigenvalue weighted by atomic mass is 10.1. The maximum Gasteiger partial charge on any atom is 0.268 e. The molecule has 0 aromatic carbocycles. The Morgan fingerprint density at radius 2 is 2.26 bits per heavy atom. The molecule has 0 saturated carbocycles. The van der Waals surface area contributed by atoms with Gasteiger partial charge in [0.25, 0.3) is 5.89 Å². The summed E-state index contributed by atoms with van der Waals surface area (Å²) >= 11 is 8.36. The highest BCUT2D eigenvalue weighted by atomic mass is 79.9. The zero-order chi connectivity index (χ0) is 14.0. The second kappa shape index (κ2) is 6.01. The third-order valence-corrected chi connectivity index (χ3v) is 5.64. The van der Waals surface area contributed by atoms with Gasteiger partial charge in [-0.3, -0.25) is 0 Å². The maximum atomic E-state index is 6.13. The molecule has 0 aliphatic rings. The molecule has 19 heavy (non-hydrogen) atoms. The van der Waals surface area contributed by atoms with Crippen LogP contribution in [0.3, 0.4) is 0 Å². The van der Waals surface area contributed by atoms with Crippen molar-refractivity contribution >= 4 is 43.2 Å². The van der Waals surface area contributed by atoms with E-state index in [1.165, 1.54) is 11.3 Å². The Morgan fingerprint density at radius 1 is 1.53 bits per heavy atom. The van der Waals surface area contributed by atoms with Gasteiger partial charge < -0.3 is 15.0 Å². The predicted molar refractivity (Wildman–Crippen MR) is 81.0 cm³/mol. The minimum absolute atomic E-state index is 0.348. The highest BCUT2D eigenvalue weighted by Crippen LogP contribution is 2.37. The van der Waals surface area contributed by atoms with Crippen LogP contribution in [0.1, 0.15) is 19.7 Å². The van der Waals surface area contributed by atoms with Gasteiger partial charge in [-0.05, 0) is 51.8 Å². The van der Waals surface area contributed by atoms with Crippen LogP contribution in [0.25, 0.3) is 10.8 Å². The molecule has 2 N–H and O–H groups in total. The number of rotatable bonds is 5. The number of thiophene rings is 1. The molecule has 5 nitrogen and oxygen atoms in total. The summed E-state index contributed by atoms with van der Waals surface area (Å²) < 4.78 is 12.5. The lowest BCUT2D eigenvalue weighted by molar-refractivity contribution is 0.0962. The fourth-order valence-corrected chi connectivity index (χ4v) is 3.34. The molecule has 0 amide bonds. The molecule has 0 bridgehead atoms. The normalized spacial score (nSPS) is 14.6. The quantitative estimate of drug-likeness (QED) is 0.815. The molecule has 8 heteroatoms. The number of ether oxygens (including phenoxy) is 1. The van der Waals surface area contributed by atoms with Gasteiger partial charge in [0.05, 0.1) is 15.3 Å². The summed E-state index contributed by atoms with van der Waals surface area (Å²) in [7, 11) is 0. The monoisotopic (exact) mass is 409 g/mol. The van der Waals surface area contributed by atoms with Crippen molar-refractivity contribution in [2.75, 3.05) is 13.2 Å². The summed E-state index contributed by atoms with van der Waals surface area (Å²) in [6, 6.07) is 1.92. The van der Waals surface area contributed by atoms with E-state index in [-0.39, 0.29) is 0 Å². The summed E-state index contributed by atoms with van der Waals surface area (Å²) in [5.41, 5.74) is 5.37. The Bertz CT molecular complexity index is 549. The minimum Gasteiger partial charge on any atom is -0.379 e. The number of aromatic nitrogens is 2. The summed E-state index contributed by atoms with van der Waals surface area (Å²) in [6.45, 7) is 4.68. The van der Waals surface area contributed by atoms with E-state index < -0.39 is 5.54 Å². The first kappa shape index (κ1) is 15.1. The SMILES string of the molecule is CCOCC(C)(N)c1noc(-c2cc(Br)c(Br)s2)n1. The van der Waals surface area contributed by atoms with Crippen LogP contribution in [0.15, 0.2) is 18.8 Å². The van der Waals surface area contributed by atoms with Gasteiger partial charge in [0.15, 0.2) is 5.82 Å². The van der Waals surface area contributed by atoms with E-state index in [1.54, 1.807) is 0 Å². The average Bonchev–Trinajstić information content (AvgIpc) is 2.95. The van der Waals surface area contributed by atoms with Gasteiger partial charge in [-0.15, -0.1) is 11.3 Å². The Morgan fingerprint density at radius 3 is 2.84 bits per heavy atom. The van der Waals surface area contributed by atoms with E-state index in [2.05, 4.69) is 42.0 Å². The summed E-state index contributed by atoms with van der Waals surface area (Å²) in [5, 5.41) is 3.94. The number of nitrogens with zero attached hydrogens (tertiary/aromatic N) is 2. The average molecular weight is 411 g/mol. The Kier molecular flexibility index (Phi) is 4.78. The van der Waals surface area contributed by atoms with Crippen LogP contribution < -0.4 is 5.73 Å². The molecule has 1 atom stereocenters. The van der Waals surface area contributed by atoms with Crippen molar-refractivity contribution in [3.63, 3.8) is 0 Å². The first-order valence-corrected chi connectivity index (χ1v) is 8.00. The van der Waals surface area contributed by atoms with Crippen molar-refractivity contribution in [3.05, 3.63) is 20.1 Å². The molecular formula is C11H13Br2N3O2S. The van der Waals surface area contributed by atoms with Crippen molar-refractivity contribution in [1.29, 1.82) is 0 Å². The fourth-order valence-electron chi connectivity index (χ4n) is 1.39. The summed E-state index contributed by atoms with van der Waals surface area (Å²) in [5.74, 6) is 0.899. The highest BCUT2D eigenvalue weighted by Gasteiger charge is 2.28. The van der Waals surface area contributed by atoms with E-state index in [9.17, 15) is 0 Å². The molecule has 0 spiro atoms. The minimum atomic E-state index is -0.760. The van der Waals surface area contributed by atoms with Crippen LogP contribution in [0.2, 0.25) is 0 Å². The Hall–Kier alpha value is -0.280. The van der Waals surface area contributed by atoms with Crippen LogP contribution in [-0.2, 0) is 10.3 Å². The smallest absolute Gasteiger partial charge is 0.268 e. The first-order valence-electron chi connectivity index (χ1n) is 5.60. The van der Waals surface area contributed by atoms with Crippen molar-refractivity contribution in [1.82, 2.24) is 10.1 Å². The Labute approximate surface area is 131 Å². The topological polar surface area (TPSA) is 74.2 Å². The molecule has 0 aliphatic carbocycles. The van der Waals surface area contributed by atoms with Crippen molar-refractivity contribution in [2.45, 2.75) is 19.4 Å². The molecule has 2 heterocycles. The van der Waals surface area contributed by atoms with Gasteiger partial charge in [0.2, 0.25) is 0 Å². The van der Waals surface area contributed by atoms with E-state index in [0.29, 0.717) is 24.9 Å². The van der Waals surface area contributed by atoms with Gasteiger partial charge in [0.1, 0.15) is 5.54 Å². The molecule has 0 fully saturated rings. The third kappa shape index (κ3) is 3.43. The van der Waals surface area contributed by atoms with Crippen molar-refractivity contribution in [3.8, 4) is 10.8 Å². The molecule has 1 unspecified atom stereocenters. The van der Waals surface area contributed by atoms with E-state index in [1.807, 2.05) is 19.9 Å². The van der Waals surface area contributed by atoms with E-state index >= 15 is 0 Å². The van der Waals surface area contributed by atoms with Gasteiger partial charge in [-0.25, -0.2) is 0 Å². The lowest BCUT2D eigenvalue weighted by Gasteiger charge is -2.19. The first-order chi connectivity index (χ1) is 8.94. The third-order valence-electron chi connectivity index (χ3n) is 2.40. The standard InChI is InChI=1S/C11H13Br2N3O2S/c1-3-17-5-11(2,14)10-15-9(18-16-10)7-4-6(12)8(13)19-7/h4H,3,5,14H2,1-2H3. The molecule has 2 aromatic heterocycles. The van der Waals surface area contributed by atoms with Crippen LogP contribution in [0, 0.1) is 0 Å². The largest absolute Gasteiger partial charge is 0.379 e. The summed E-state index contributed by atoms with van der Waals surface area (Å²) in [6.07, 6.45) is 0. The molecule has 0 radical (unpaired) electrons. The van der Waals surface area contributed by atoms with Crippen LogP contribution in [-0.4, -0.2) is 23.4 Å². The second-order valence-corrected chi connectivity index (χ2v) is 7.43. The molecule has 0 aliphatic heterocycles. The molecule has 0 saturated heterocycles. The molecule has 2 rings (SSSR count). The number of hydrogen-bond acceptors (Lipinski definition) is 6. The second-order valence-electron chi connectivity index (χ2n) is 4.21. The van der Waals surface area contributed by atoms with E-state index in [0.717, 1.165) is 13.1 Å². The zero-order valence-corrected chi connectivity index (χ0v) is 14.4. The Balaban J connectivity index is 2.23. The van der Waals surface area contributed by atoms with Gasteiger partial charge in [-0.1, -0.05) is 5.16 Å². The van der Waals surface area contributed by atoms with Gasteiger partial charge >= 0.3 is 0 Å². The van der Waals surface area contributed by atoms with Crippen LogP contribution in [0.5, 0.6) is 0 Å². The lowest BCUT2D eigenvalue weighted by Crippen LogP contribution is -2.39. The number of halogens is 2. The predicted octanol–water partition coefficient (Wildman–Crippen LogP) is 3.53. The van der Waals surface area contributed by atoms with E-state index in [4.69, 9.17) is 15.0 Å². The van der Waals surface area contributed by atoms with Gasteiger partial charge in [0, 0.05) is 11.1 Å². The number of nitrogens with two attached hydrogens (primary N) is 1. The fraction of sp³-hybridized carbons (Fsp3) is 0.455. The molecule has 2 aromatic rings. The maximum absolute atomic E-state index is 6.13. The molecular weight excluding hydrogens is 398 g/mol. The zero-order valence-electron chi connectivity index (χ0n) is 10.4.